The van der Waals surface area contributed by atoms with Gasteiger partial charge in [-0.2, -0.15) is 0 Å². The first-order chi connectivity index (χ1) is 10.2. The number of nitrogens with one attached hydrogen (secondary N) is 1. The van der Waals surface area contributed by atoms with Crippen molar-refractivity contribution in [1.29, 1.82) is 0 Å². The van der Waals surface area contributed by atoms with Gasteiger partial charge < -0.3 is 0 Å². The summed E-state index contributed by atoms with van der Waals surface area (Å²) in [4.78, 5) is 12.5. The number of rotatable bonds is 3. The number of nitrogens with zero attached hydrogens (tertiary/aromatic N) is 1. The van der Waals surface area contributed by atoms with E-state index < -0.39 is 0 Å². The van der Waals surface area contributed by atoms with Crippen LogP contribution in [0.4, 0.5) is 0 Å². The van der Waals surface area contributed by atoms with Gasteiger partial charge in [0.05, 0.1) is 11.3 Å². The van der Waals surface area contributed by atoms with E-state index >= 15 is 0 Å². The Balaban J connectivity index is 2.33. The van der Waals surface area contributed by atoms with Gasteiger partial charge in [0.25, 0.3) is 5.56 Å². The highest BCUT2D eigenvalue weighted by Gasteiger charge is 2.19. The van der Waals surface area contributed by atoms with Gasteiger partial charge in [0, 0.05) is 11.6 Å². The second-order valence-electron chi connectivity index (χ2n) is 5.36. The molecule has 0 amide bonds. The lowest BCUT2D eigenvalue weighted by molar-refractivity contribution is 0.534. The maximum absolute atomic E-state index is 12.5. The molecule has 3 heteroatoms. The summed E-state index contributed by atoms with van der Waals surface area (Å²) < 4.78 is 1.94. The van der Waals surface area contributed by atoms with Crippen LogP contribution in [0.2, 0.25) is 0 Å². The molecule has 3 aromatic rings. The fraction of sp³-hybridized carbons (Fsp3) is 0.167. The molecule has 0 aliphatic rings. The summed E-state index contributed by atoms with van der Waals surface area (Å²) in [6, 6.07) is 20.0. The Hall–Kier alpha value is -2.55. The Bertz CT molecular complexity index is 783. The first kappa shape index (κ1) is 13.4. The third-order valence-corrected chi connectivity index (χ3v) is 3.55. The molecule has 1 N–H and O–H groups in total. The number of aromatic nitrogens is 2. The predicted octanol–water partition coefficient (Wildman–Crippen LogP) is 4.09. The molecule has 0 saturated heterocycles. The Morgan fingerprint density at radius 3 is 1.90 bits per heavy atom. The summed E-state index contributed by atoms with van der Waals surface area (Å²) in [5.41, 5.74) is 3.62. The summed E-state index contributed by atoms with van der Waals surface area (Å²) in [6.07, 6.45) is 0. The molecule has 0 unspecified atom stereocenters. The average Bonchev–Trinajstić information content (AvgIpc) is 2.87. The zero-order chi connectivity index (χ0) is 14.8. The molecule has 0 saturated carbocycles. The molecule has 3 rings (SSSR count). The smallest absolute Gasteiger partial charge is 0.272 e. The van der Waals surface area contributed by atoms with Crippen LogP contribution < -0.4 is 5.56 Å². The van der Waals surface area contributed by atoms with Gasteiger partial charge in [-0.05, 0) is 19.4 Å². The third-order valence-electron chi connectivity index (χ3n) is 3.55. The van der Waals surface area contributed by atoms with Crippen LogP contribution in [-0.4, -0.2) is 9.78 Å². The molecular weight excluding hydrogens is 260 g/mol. The number of benzene rings is 2. The van der Waals surface area contributed by atoms with Crippen LogP contribution in [0.25, 0.3) is 22.4 Å². The molecule has 0 aliphatic heterocycles. The first-order valence-corrected chi connectivity index (χ1v) is 7.14. The largest absolute Gasteiger partial charge is 0.281 e. The van der Waals surface area contributed by atoms with Crippen LogP contribution in [0.1, 0.15) is 19.9 Å². The minimum absolute atomic E-state index is 0.0475. The SMILES string of the molecule is CC(C)n1[nH]c(=O)c(-c2ccccc2)c1-c1ccccc1. The van der Waals surface area contributed by atoms with Crippen LogP contribution >= 0.6 is 0 Å². The third kappa shape index (κ3) is 2.42. The van der Waals surface area contributed by atoms with E-state index in [0.717, 1.165) is 22.4 Å². The number of H-pyrrole nitrogens is 1. The molecule has 0 radical (unpaired) electrons. The molecule has 21 heavy (non-hydrogen) atoms. The van der Waals surface area contributed by atoms with Gasteiger partial charge >= 0.3 is 0 Å². The molecule has 1 aromatic heterocycles. The van der Waals surface area contributed by atoms with Crippen LogP contribution in [0, 0.1) is 0 Å². The van der Waals surface area contributed by atoms with Gasteiger partial charge in [-0.15, -0.1) is 0 Å². The zero-order valence-electron chi connectivity index (χ0n) is 12.2. The van der Waals surface area contributed by atoms with Crippen molar-refractivity contribution in [3.8, 4) is 22.4 Å². The average molecular weight is 278 g/mol. The molecule has 0 spiro atoms. The van der Waals surface area contributed by atoms with E-state index in [1.54, 1.807) is 0 Å². The van der Waals surface area contributed by atoms with Crippen LogP contribution in [-0.2, 0) is 0 Å². The minimum atomic E-state index is -0.0475. The van der Waals surface area contributed by atoms with E-state index in [2.05, 4.69) is 18.9 Å². The molecule has 0 fully saturated rings. The molecule has 1 heterocycles. The summed E-state index contributed by atoms with van der Waals surface area (Å²) in [7, 11) is 0. The molecule has 0 aliphatic carbocycles. The lowest BCUT2D eigenvalue weighted by Crippen LogP contribution is -2.08. The van der Waals surface area contributed by atoms with Crippen molar-refractivity contribution in [3.05, 3.63) is 71.0 Å². The summed E-state index contributed by atoms with van der Waals surface area (Å²) in [5.74, 6) is 0. The van der Waals surface area contributed by atoms with E-state index in [9.17, 15) is 4.79 Å². The monoisotopic (exact) mass is 278 g/mol. The highest BCUT2D eigenvalue weighted by Crippen LogP contribution is 2.30. The van der Waals surface area contributed by atoms with Crippen molar-refractivity contribution in [2.24, 2.45) is 0 Å². The Kier molecular flexibility index (Phi) is 3.48. The van der Waals surface area contributed by atoms with Gasteiger partial charge in [0.15, 0.2) is 0 Å². The van der Waals surface area contributed by atoms with E-state index in [1.165, 1.54) is 0 Å². The van der Waals surface area contributed by atoms with Crippen molar-refractivity contribution < 1.29 is 0 Å². The Morgan fingerprint density at radius 1 is 0.857 bits per heavy atom. The lowest BCUT2D eigenvalue weighted by atomic mass is 10.0. The molecule has 3 nitrogen and oxygen atoms in total. The van der Waals surface area contributed by atoms with Crippen molar-refractivity contribution in [2.75, 3.05) is 0 Å². The van der Waals surface area contributed by atoms with E-state index in [4.69, 9.17) is 0 Å². The second-order valence-corrected chi connectivity index (χ2v) is 5.36. The Labute approximate surface area is 123 Å². The van der Waals surface area contributed by atoms with Crippen LogP contribution in [0.15, 0.2) is 65.5 Å². The zero-order valence-corrected chi connectivity index (χ0v) is 12.2. The minimum Gasteiger partial charge on any atom is -0.281 e. The lowest BCUT2D eigenvalue weighted by Gasteiger charge is -2.13. The van der Waals surface area contributed by atoms with E-state index in [-0.39, 0.29) is 11.6 Å². The number of aromatic amines is 1. The summed E-state index contributed by atoms with van der Waals surface area (Å²) >= 11 is 0. The van der Waals surface area contributed by atoms with E-state index in [0.29, 0.717) is 0 Å². The van der Waals surface area contributed by atoms with Crippen molar-refractivity contribution in [1.82, 2.24) is 9.78 Å². The van der Waals surface area contributed by atoms with Crippen LogP contribution in [0.5, 0.6) is 0 Å². The summed E-state index contributed by atoms with van der Waals surface area (Å²) in [6.45, 7) is 4.13. The number of hydrogen-bond acceptors (Lipinski definition) is 1. The topological polar surface area (TPSA) is 37.8 Å². The van der Waals surface area contributed by atoms with Crippen LogP contribution in [0.3, 0.4) is 0 Å². The molecule has 106 valence electrons. The maximum Gasteiger partial charge on any atom is 0.272 e. The molecular formula is C18H18N2O. The normalized spacial score (nSPS) is 11.0. The fourth-order valence-corrected chi connectivity index (χ4v) is 2.59. The quantitative estimate of drug-likeness (QED) is 0.769. The van der Waals surface area contributed by atoms with Crippen molar-refractivity contribution in [2.45, 2.75) is 19.9 Å². The Morgan fingerprint density at radius 2 is 1.38 bits per heavy atom. The molecule has 0 bridgehead atoms. The van der Waals surface area contributed by atoms with Crippen molar-refractivity contribution in [3.63, 3.8) is 0 Å². The van der Waals surface area contributed by atoms with Gasteiger partial charge in [-0.1, -0.05) is 60.7 Å². The van der Waals surface area contributed by atoms with E-state index in [1.807, 2.05) is 65.3 Å². The first-order valence-electron chi connectivity index (χ1n) is 7.14. The standard InChI is InChI=1S/C18H18N2O/c1-13(2)20-17(15-11-7-4-8-12-15)16(18(21)19-20)14-9-5-3-6-10-14/h3-13H,1-2H3,(H,19,21). The predicted molar refractivity (Wildman–Crippen MR) is 86.3 cm³/mol. The molecule has 0 atom stereocenters. The van der Waals surface area contributed by atoms with Gasteiger partial charge in [-0.25, -0.2) is 0 Å². The van der Waals surface area contributed by atoms with Gasteiger partial charge in [0.1, 0.15) is 0 Å². The van der Waals surface area contributed by atoms with Crippen molar-refractivity contribution >= 4 is 0 Å². The fourth-order valence-electron chi connectivity index (χ4n) is 2.59. The van der Waals surface area contributed by atoms with Gasteiger partial charge in [-0.3, -0.25) is 14.6 Å². The molecule has 2 aromatic carbocycles. The highest BCUT2D eigenvalue weighted by atomic mass is 16.1. The maximum atomic E-state index is 12.5. The highest BCUT2D eigenvalue weighted by molar-refractivity contribution is 5.80. The number of hydrogen-bond donors (Lipinski definition) is 1. The second kappa shape index (κ2) is 5.44. The van der Waals surface area contributed by atoms with Gasteiger partial charge in [0.2, 0.25) is 0 Å². The summed E-state index contributed by atoms with van der Waals surface area (Å²) in [5, 5.41) is 2.97.